The maximum absolute atomic E-state index is 13.7. The van der Waals surface area contributed by atoms with Gasteiger partial charge in [0, 0.05) is 10.2 Å². The molecular weight excluding hydrogens is 345 g/mol. The largest absolute Gasteiger partial charge is 0.507 e. The van der Waals surface area contributed by atoms with Crippen LogP contribution in [0.3, 0.4) is 0 Å². The minimum absolute atomic E-state index is 0.137. The third-order valence-electron chi connectivity index (χ3n) is 2.66. The van der Waals surface area contributed by atoms with Gasteiger partial charge in [-0.2, -0.15) is 0 Å². The van der Waals surface area contributed by atoms with Crippen molar-refractivity contribution >= 4 is 33.5 Å². The van der Waals surface area contributed by atoms with E-state index >= 15 is 0 Å². The Morgan fingerprint density at radius 1 is 1.10 bits per heavy atom. The fourth-order valence-corrected chi connectivity index (χ4v) is 1.99. The van der Waals surface area contributed by atoms with Gasteiger partial charge < -0.3 is 15.5 Å². The van der Waals surface area contributed by atoms with E-state index in [9.17, 15) is 19.1 Å². The van der Waals surface area contributed by atoms with Gasteiger partial charge in [-0.25, -0.2) is 9.18 Å². The number of halogens is 2. The number of carbonyl (C=O) groups excluding carboxylic acids is 1. The second kappa shape index (κ2) is 5.92. The third kappa shape index (κ3) is 3.38. The maximum atomic E-state index is 13.7. The molecule has 0 aromatic heterocycles. The molecule has 2 rings (SSSR count). The first-order valence-corrected chi connectivity index (χ1v) is 6.50. The summed E-state index contributed by atoms with van der Waals surface area (Å²) in [7, 11) is 0. The zero-order chi connectivity index (χ0) is 15.6. The SMILES string of the molecule is O=C(O)c1cc(NC(=O)c2ccc(Br)cc2F)ccc1O. The van der Waals surface area contributed by atoms with E-state index in [1.807, 2.05) is 0 Å². The Kier molecular flexibility index (Phi) is 4.23. The molecule has 21 heavy (non-hydrogen) atoms. The Balaban J connectivity index is 2.27. The number of nitrogens with one attached hydrogen (secondary N) is 1. The average Bonchev–Trinajstić information content (AvgIpc) is 2.40. The molecule has 0 saturated heterocycles. The van der Waals surface area contributed by atoms with Gasteiger partial charge in [-0.05, 0) is 36.4 Å². The van der Waals surface area contributed by atoms with Crippen LogP contribution >= 0.6 is 15.9 Å². The topological polar surface area (TPSA) is 86.6 Å². The van der Waals surface area contributed by atoms with Crippen molar-refractivity contribution < 1.29 is 24.2 Å². The lowest BCUT2D eigenvalue weighted by molar-refractivity contribution is 0.0693. The first-order valence-electron chi connectivity index (χ1n) is 5.71. The van der Waals surface area contributed by atoms with E-state index in [-0.39, 0.29) is 16.8 Å². The standard InChI is InChI=1S/C14H9BrFNO4/c15-7-1-3-9(11(16)5-7)13(19)17-8-2-4-12(18)10(6-8)14(20)21/h1-6,18H,(H,17,19)(H,20,21). The van der Waals surface area contributed by atoms with Crippen LogP contribution in [0.25, 0.3) is 0 Å². The normalized spacial score (nSPS) is 10.2. The van der Waals surface area contributed by atoms with E-state index in [0.29, 0.717) is 4.47 Å². The van der Waals surface area contributed by atoms with Crippen LogP contribution in [0.2, 0.25) is 0 Å². The zero-order valence-electron chi connectivity index (χ0n) is 10.4. The number of aromatic hydroxyl groups is 1. The molecule has 2 aromatic rings. The second-order valence-corrected chi connectivity index (χ2v) is 5.03. The summed E-state index contributed by atoms with van der Waals surface area (Å²) < 4.78 is 14.1. The fraction of sp³-hybridized carbons (Fsp3) is 0. The summed E-state index contributed by atoms with van der Waals surface area (Å²) in [5, 5.41) is 20.6. The second-order valence-electron chi connectivity index (χ2n) is 4.12. The number of benzene rings is 2. The van der Waals surface area contributed by atoms with E-state index in [0.717, 1.165) is 18.2 Å². The highest BCUT2D eigenvalue weighted by atomic mass is 79.9. The molecule has 0 heterocycles. The fourth-order valence-electron chi connectivity index (χ4n) is 1.66. The molecule has 0 fully saturated rings. The molecule has 0 atom stereocenters. The van der Waals surface area contributed by atoms with E-state index in [1.165, 1.54) is 18.2 Å². The van der Waals surface area contributed by atoms with Gasteiger partial charge >= 0.3 is 5.97 Å². The number of rotatable bonds is 3. The van der Waals surface area contributed by atoms with Crippen molar-refractivity contribution in [1.29, 1.82) is 0 Å². The van der Waals surface area contributed by atoms with Crippen molar-refractivity contribution in [3.8, 4) is 5.75 Å². The monoisotopic (exact) mass is 353 g/mol. The summed E-state index contributed by atoms with van der Waals surface area (Å²) in [5.74, 6) is -3.19. The van der Waals surface area contributed by atoms with Crippen molar-refractivity contribution in [3.63, 3.8) is 0 Å². The van der Waals surface area contributed by atoms with Crippen LogP contribution in [0.4, 0.5) is 10.1 Å². The van der Waals surface area contributed by atoms with Gasteiger partial charge in [-0.1, -0.05) is 15.9 Å². The van der Waals surface area contributed by atoms with Crippen LogP contribution < -0.4 is 5.32 Å². The van der Waals surface area contributed by atoms with Gasteiger partial charge in [0.05, 0.1) is 5.56 Å². The molecule has 7 heteroatoms. The van der Waals surface area contributed by atoms with Gasteiger partial charge in [0.2, 0.25) is 0 Å². The first kappa shape index (κ1) is 15.0. The van der Waals surface area contributed by atoms with E-state index < -0.39 is 23.4 Å². The molecule has 0 aliphatic heterocycles. The molecule has 0 aliphatic carbocycles. The van der Waals surface area contributed by atoms with Crippen LogP contribution in [-0.4, -0.2) is 22.1 Å². The maximum Gasteiger partial charge on any atom is 0.339 e. The average molecular weight is 354 g/mol. The number of aromatic carboxylic acids is 1. The van der Waals surface area contributed by atoms with E-state index in [4.69, 9.17) is 5.11 Å². The van der Waals surface area contributed by atoms with E-state index in [1.54, 1.807) is 0 Å². The number of carboxylic acids is 1. The number of hydrogen-bond acceptors (Lipinski definition) is 3. The summed E-state index contributed by atoms with van der Waals surface area (Å²) in [5.41, 5.74) is -0.398. The molecule has 3 N–H and O–H groups in total. The van der Waals surface area contributed by atoms with Gasteiger partial charge in [0.25, 0.3) is 5.91 Å². The highest BCUT2D eigenvalue weighted by molar-refractivity contribution is 9.10. The molecule has 0 saturated carbocycles. The number of hydrogen-bond donors (Lipinski definition) is 3. The molecule has 0 radical (unpaired) electrons. The molecule has 0 bridgehead atoms. The summed E-state index contributed by atoms with van der Waals surface area (Å²) in [6, 6.07) is 7.50. The van der Waals surface area contributed by atoms with Crippen molar-refractivity contribution in [1.82, 2.24) is 0 Å². The van der Waals surface area contributed by atoms with Crippen LogP contribution in [0.15, 0.2) is 40.9 Å². The Morgan fingerprint density at radius 3 is 2.43 bits per heavy atom. The number of anilines is 1. The van der Waals surface area contributed by atoms with Crippen molar-refractivity contribution in [3.05, 3.63) is 57.8 Å². The lowest BCUT2D eigenvalue weighted by atomic mass is 10.1. The highest BCUT2D eigenvalue weighted by Crippen LogP contribution is 2.22. The quantitative estimate of drug-likeness (QED) is 0.739. The van der Waals surface area contributed by atoms with Crippen LogP contribution in [0, 0.1) is 5.82 Å². The predicted molar refractivity (Wildman–Crippen MR) is 77.1 cm³/mol. The van der Waals surface area contributed by atoms with Crippen molar-refractivity contribution in [2.45, 2.75) is 0 Å². The summed E-state index contributed by atoms with van der Waals surface area (Å²) in [6.07, 6.45) is 0. The molecule has 108 valence electrons. The summed E-state index contributed by atoms with van der Waals surface area (Å²) >= 11 is 3.08. The van der Waals surface area contributed by atoms with Gasteiger partial charge in [0.15, 0.2) is 0 Å². The molecule has 0 spiro atoms. The lowest BCUT2D eigenvalue weighted by Crippen LogP contribution is -2.14. The molecule has 0 aliphatic rings. The minimum atomic E-state index is -1.33. The van der Waals surface area contributed by atoms with Gasteiger partial charge in [0.1, 0.15) is 17.1 Å². The Bertz CT molecular complexity index is 733. The third-order valence-corrected chi connectivity index (χ3v) is 3.15. The minimum Gasteiger partial charge on any atom is -0.507 e. The molecule has 2 aromatic carbocycles. The van der Waals surface area contributed by atoms with Gasteiger partial charge in [-0.15, -0.1) is 0 Å². The number of carboxylic acid groups (broad SMARTS) is 1. The number of amides is 1. The van der Waals surface area contributed by atoms with Crippen molar-refractivity contribution in [2.24, 2.45) is 0 Å². The molecule has 5 nitrogen and oxygen atoms in total. The number of phenols is 1. The van der Waals surface area contributed by atoms with Crippen LogP contribution in [0.1, 0.15) is 20.7 Å². The summed E-state index contributed by atoms with van der Waals surface area (Å²) in [4.78, 5) is 22.8. The smallest absolute Gasteiger partial charge is 0.339 e. The van der Waals surface area contributed by atoms with E-state index in [2.05, 4.69) is 21.2 Å². The van der Waals surface area contributed by atoms with Crippen LogP contribution in [0.5, 0.6) is 5.75 Å². The Morgan fingerprint density at radius 2 is 1.81 bits per heavy atom. The molecule has 1 amide bonds. The van der Waals surface area contributed by atoms with Crippen molar-refractivity contribution in [2.75, 3.05) is 5.32 Å². The molecule has 0 unspecified atom stereocenters. The summed E-state index contributed by atoms with van der Waals surface area (Å²) in [6.45, 7) is 0. The highest BCUT2D eigenvalue weighted by Gasteiger charge is 2.15. The Hall–Kier alpha value is -2.41. The molecular formula is C14H9BrFNO4. The predicted octanol–water partition coefficient (Wildman–Crippen LogP) is 3.24. The van der Waals surface area contributed by atoms with Gasteiger partial charge in [-0.3, -0.25) is 4.79 Å². The first-order chi connectivity index (χ1) is 9.88. The number of carbonyl (C=O) groups is 2. The lowest BCUT2D eigenvalue weighted by Gasteiger charge is -2.08. The Labute approximate surface area is 127 Å². The van der Waals surface area contributed by atoms with Crippen LogP contribution in [-0.2, 0) is 0 Å². The zero-order valence-corrected chi connectivity index (χ0v) is 12.0.